The van der Waals surface area contributed by atoms with Gasteiger partial charge in [-0.25, -0.2) is 4.57 Å². The van der Waals surface area contributed by atoms with E-state index in [0.717, 1.165) is 13.2 Å². The van der Waals surface area contributed by atoms with E-state index >= 15 is 0 Å². The summed E-state index contributed by atoms with van der Waals surface area (Å²) in [4.78, 5) is 21.6. The van der Waals surface area contributed by atoms with Crippen molar-refractivity contribution in [3.05, 3.63) is 0 Å². The molecule has 0 unspecified atom stereocenters. The van der Waals surface area contributed by atoms with Crippen LogP contribution in [0.5, 0.6) is 0 Å². The van der Waals surface area contributed by atoms with Gasteiger partial charge in [0.1, 0.15) is 0 Å². The second-order valence-corrected chi connectivity index (χ2v) is 3.08. The third-order valence-electron chi connectivity index (χ3n) is 0.827. The van der Waals surface area contributed by atoms with Gasteiger partial charge in [0.15, 0.2) is 0 Å². The zero-order valence-electron chi connectivity index (χ0n) is 7.38. The summed E-state index contributed by atoms with van der Waals surface area (Å²) in [5.41, 5.74) is 0. The maximum atomic E-state index is 8.88. The van der Waals surface area contributed by atoms with Gasteiger partial charge >= 0.3 is 7.82 Å². The van der Waals surface area contributed by atoms with Crippen LogP contribution in [-0.4, -0.2) is 27.9 Å². The number of rotatable bonds is 0. The number of ether oxygens (including phenoxy) is 1. The highest BCUT2D eigenvalue weighted by Gasteiger charge is 2.00. The van der Waals surface area contributed by atoms with Gasteiger partial charge < -0.3 is 19.4 Å². The molecule has 13 heavy (non-hydrogen) atoms. The summed E-state index contributed by atoms with van der Waals surface area (Å²) >= 11 is 0. The van der Waals surface area contributed by atoms with Crippen molar-refractivity contribution in [3.8, 4) is 6.07 Å². The van der Waals surface area contributed by atoms with Crippen molar-refractivity contribution in [2.75, 3.05) is 13.2 Å². The lowest BCUT2D eigenvalue weighted by Crippen LogP contribution is -1.74. The van der Waals surface area contributed by atoms with E-state index in [1.165, 1.54) is 19.8 Å². The van der Waals surface area contributed by atoms with Gasteiger partial charge in [0.05, 0.1) is 6.07 Å². The van der Waals surface area contributed by atoms with Gasteiger partial charge in [-0.15, -0.1) is 0 Å². The fourth-order valence-electron chi connectivity index (χ4n) is 0.510. The van der Waals surface area contributed by atoms with E-state index in [0.29, 0.717) is 0 Å². The molecule has 1 heterocycles. The molecule has 1 fully saturated rings. The molecule has 1 saturated heterocycles. The summed E-state index contributed by atoms with van der Waals surface area (Å²) in [5.74, 6) is 0. The molecular formula is C6H14NO5P. The molecule has 0 aromatic rings. The number of hydrogen-bond donors (Lipinski definition) is 3. The van der Waals surface area contributed by atoms with E-state index in [1.807, 2.05) is 0 Å². The maximum Gasteiger partial charge on any atom is 0.466 e. The van der Waals surface area contributed by atoms with Crippen molar-refractivity contribution in [2.45, 2.75) is 19.8 Å². The summed E-state index contributed by atoms with van der Waals surface area (Å²) < 4.78 is 13.8. The molecule has 0 aromatic carbocycles. The predicted molar refractivity (Wildman–Crippen MR) is 45.6 cm³/mol. The summed E-state index contributed by atoms with van der Waals surface area (Å²) in [6.07, 6.45) is 2.56. The van der Waals surface area contributed by atoms with E-state index in [1.54, 1.807) is 6.07 Å². The fourth-order valence-corrected chi connectivity index (χ4v) is 0.510. The Morgan fingerprint density at radius 1 is 1.31 bits per heavy atom. The smallest absolute Gasteiger partial charge is 0.381 e. The number of nitriles is 1. The Balaban J connectivity index is 0. The van der Waals surface area contributed by atoms with Crippen LogP contribution < -0.4 is 0 Å². The first-order chi connectivity index (χ1) is 5.91. The molecule has 0 aliphatic carbocycles. The third-order valence-corrected chi connectivity index (χ3v) is 0.827. The predicted octanol–water partition coefficient (Wildman–Crippen LogP) is 0.398. The molecule has 1 aliphatic heterocycles. The monoisotopic (exact) mass is 211 g/mol. The second kappa shape index (κ2) is 9.65. The van der Waals surface area contributed by atoms with Crippen LogP contribution in [0.25, 0.3) is 0 Å². The SMILES string of the molecule is C1CCOC1.CC#N.O=P(O)(O)O. The molecular weight excluding hydrogens is 197 g/mol. The molecule has 1 aliphatic rings. The van der Waals surface area contributed by atoms with Gasteiger partial charge in [-0.1, -0.05) is 0 Å². The van der Waals surface area contributed by atoms with Gasteiger partial charge in [-0.2, -0.15) is 5.26 Å². The summed E-state index contributed by atoms with van der Waals surface area (Å²) in [6.45, 7) is 3.43. The highest BCUT2D eigenvalue weighted by molar-refractivity contribution is 7.45. The normalized spacial score (nSPS) is 14.4. The highest BCUT2D eigenvalue weighted by Crippen LogP contribution is 2.25. The highest BCUT2D eigenvalue weighted by atomic mass is 31.2. The largest absolute Gasteiger partial charge is 0.466 e. The van der Waals surface area contributed by atoms with E-state index in [9.17, 15) is 0 Å². The molecule has 78 valence electrons. The van der Waals surface area contributed by atoms with Gasteiger partial charge in [-0.05, 0) is 12.8 Å². The molecule has 0 atom stereocenters. The first-order valence-corrected chi connectivity index (χ1v) is 5.15. The van der Waals surface area contributed by atoms with E-state index in [4.69, 9.17) is 29.2 Å². The van der Waals surface area contributed by atoms with Crippen molar-refractivity contribution in [3.63, 3.8) is 0 Å². The van der Waals surface area contributed by atoms with E-state index in [2.05, 4.69) is 0 Å². The third kappa shape index (κ3) is 50.8. The molecule has 0 saturated carbocycles. The summed E-state index contributed by atoms with van der Waals surface area (Å²) in [6, 6.07) is 1.75. The number of phosphoric acid groups is 1. The minimum atomic E-state index is -4.64. The molecule has 6 nitrogen and oxygen atoms in total. The van der Waals surface area contributed by atoms with Gasteiger partial charge in [-0.3, -0.25) is 0 Å². The summed E-state index contributed by atoms with van der Waals surface area (Å²) in [7, 11) is -4.64. The van der Waals surface area contributed by atoms with Crippen molar-refractivity contribution in [2.24, 2.45) is 0 Å². The van der Waals surface area contributed by atoms with Crippen LogP contribution in [0.1, 0.15) is 19.8 Å². The average molecular weight is 211 g/mol. The molecule has 0 amide bonds. The lowest BCUT2D eigenvalue weighted by Gasteiger charge is -1.82. The van der Waals surface area contributed by atoms with Crippen molar-refractivity contribution < 1.29 is 24.0 Å². The molecule has 0 aromatic heterocycles. The zero-order valence-corrected chi connectivity index (χ0v) is 8.28. The van der Waals surface area contributed by atoms with E-state index < -0.39 is 7.82 Å². The second-order valence-electron chi connectivity index (χ2n) is 2.06. The summed E-state index contributed by atoms with van der Waals surface area (Å²) in [5, 5.41) is 7.32. The van der Waals surface area contributed by atoms with Gasteiger partial charge in [0, 0.05) is 20.1 Å². The van der Waals surface area contributed by atoms with Crippen LogP contribution in [0.2, 0.25) is 0 Å². The van der Waals surface area contributed by atoms with Gasteiger partial charge in [0.2, 0.25) is 0 Å². The Morgan fingerprint density at radius 3 is 1.62 bits per heavy atom. The maximum absolute atomic E-state index is 8.88. The van der Waals surface area contributed by atoms with E-state index in [-0.39, 0.29) is 0 Å². The lowest BCUT2D eigenvalue weighted by molar-refractivity contribution is 0.198. The molecule has 0 bridgehead atoms. The zero-order chi connectivity index (χ0) is 10.7. The minimum Gasteiger partial charge on any atom is -0.381 e. The first kappa shape index (κ1) is 15.1. The fraction of sp³-hybridized carbons (Fsp3) is 0.833. The van der Waals surface area contributed by atoms with Crippen LogP contribution in [0, 0.1) is 11.3 Å². The number of hydrogen-bond acceptors (Lipinski definition) is 3. The van der Waals surface area contributed by atoms with Crippen LogP contribution in [-0.2, 0) is 9.30 Å². The van der Waals surface area contributed by atoms with Gasteiger partial charge in [0.25, 0.3) is 0 Å². The average Bonchev–Trinajstić information content (AvgIpc) is 2.36. The van der Waals surface area contributed by atoms with Crippen LogP contribution >= 0.6 is 7.82 Å². The first-order valence-electron chi connectivity index (χ1n) is 3.58. The molecule has 0 spiro atoms. The Bertz CT molecular complexity index is 164. The van der Waals surface area contributed by atoms with Crippen LogP contribution in [0.3, 0.4) is 0 Å². The Labute approximate surface area is 77.0 Å². The van der Waals surface area contributed by atoms with Crippen molar-refractivity contribution >= 4 is 7.82 Å². The molecule has 1 rings (SSSR count). The lowest BCUT2D eigenvalue weighted by atomic mass is 10.4. The Morgan fingerprint density at radius 2 is 1.54 bits per heavy atom. The Kier molecular flexibility index (Phi) is 11.2. The Hall–Kier alpha value is -0.440. The number of nitrogens with zero attached hydrogens (tertiary/aromatic N) is 1. The molecule has 0 radical (unpaired) electrons. The molecule has 7 heteroatoms. The minimum absolute atomic E-state index is 1.00. The quantitative estimate of drug-likeness (QED) is 0.500. The standard InChI is InChI=1S/C4H8O.C2H3N.H3O4P/c1-2-4-5-3-1;1-2-3;1-5(2,3)4/h1-4H2;1H3;(H3,1,2,3,4). The topological polar surface area (TPSA) is 111 Å². The van der Waals surface area contributed by atoms with Crippen molar-refractivity contribution in [1.29, 1.82) is 5.26 Å². The molecule has 3 N–H and O–H groups in total. The van der Waals surface area contributed by atoms with Crippen LogP contribution in [0.15, 0.2) is 0 Å². The van der Waals surface area contributed by atoms with Crippen LogP contribution in [0.4, 0.5) is 0 Å². The van der Waals surface area contributed by atoms with Crippen molar-refractivity contribution in [1.82, 2.24) is 0 Å².